The number of benzene rings is 2. The van der Waals surface area contributed by atoms with E-state index in [4.69, 9.17) is 6.57 Å². The van der Waals surface area contributed by atoms with Crippen LogP contribution in [-0.4, -0.2) is 40.1 Å². The molecule has 1 atom stereocenters. The van der Waals surface area contributed by atoms with Crippen molar-refractivity contribution in [3.8, 4) is 0 Å². The number of pyridine rings is 2. The quantitative estimate of drug-likeness (QED) is 0.296. The second-order valence-electron chi connectivity index (χ2n) is 10.1. The van der Waals surface area contributed by atoms with Gasteiger partial charge in [-0.3, -0.25) is 9.69 Å². The van der Waals surface area contributed by atoms with Gasteiger partial charge in [0.2, 0.25) is 5.52 Å². The molecule has 2 aromatic heterocycles. The molecule has 0 N–H and O–H groups in total. The van der Waals surface area contributed by atoms with Gasteiger partial charge in [0.25, 0.3) is 11.4 Å². The van der Waals surface area contributed by atoms with Crippen LogP contribution in [-0.2, 0) is 7.05 Å². The third kappa shape index (κ3) is 5.54. The fourth-order valence-electron chi connectivity index (χ4n) is 5.43. The largest absolute Gasteiger partial charge is 0.365 e. The molecule has 1 aliphatic heterocycles. The Morgan fingerprint density at radius 3 is 2.08 bits per heavy atom. The summed E-state index contributed by atoms with van der Waals surface area (Å²) in [5.41, 5.74) is 3.76. The number of hydrogen-bond donors (Lipinski definition) is 0. The molecule has 3 heterocycles. The maximum Gasteiger partial charge on any atom is 0.270 e. The lowest BCUT2D eigenvalue weighted by Crippen LogP contribution is -2.56. The molecule has 0 saturated carbocycles. The number of nitrogens with zero attached hydrogens (tertiary/aromatic N) is 5. The van der Waals surface area contributed by atoms with E-state index in [9.17, 15) is 13.6 Å². The summed E-state index contributed by atoms with van der Waals surface area (Å²) in [4.78, 5) is 25.5. The standard InChI is InChI=1S/C30H29F2N5O.H2S/c1-19(2)26-18-36(25-17-28(38)35(4)24-13-14-27(33-3)34-29(24)25)15-16-37(26)30(20-5-9-22(31)10-6-20)21-7-11-23(32)12-8-21;/h5-14,17,19,26,30H,15-16,18H2,1-2,4H3;1H2/t26-;/m1./s1. The monoisotopic (exact) mass is 547 g/mol. The van der Waals surface area contributed by atoms with Gasteiger partial charge in [0.15, 0.2) is 0 Å². The lowest BCUT2D eigenvalue weighted by molar-refractivity contribution is 0.105. The van der Waals surface area contributed by atoms with Gasteiger partial charge in [-0.25, -0.2) is 8.78 Å². The summed E-state index contributed by atoms with van der Waals surface area (Å²) in [6.07, 6.45) is 0. The van der Waals surface area contributed by atoms with E-state index < -0.39 is 0 Å². The Labute approximate surface area is 233 Å². The number of halogens is 2. The first-order valence-corrected chi connectivity index (χ1v) is 12.7. The fraction of sp³-hybridized carbons (Fsp3) is 0.300. The van der Waals surface area contributed by atoms with Crippen molar-refractivity contribution in [2.24, 2.45) is 13.0 Å². The first kappa shape index (κ1) is 28.3. The van der Waals surface area contributed by atoms with Gasteiger partial charge in [0.05, 0.1) is 17.2 Å². The van der Waals surface area contributed by atoms with E-state index in [-0.39, 0.29) is 54.5 Å². The maximum absolute atomic E-state index is 13.8. The van der Waals surface area contributed by atoms with E-state index in [1.54, 1.807) is 54.1 Å². The summed E-state index contributed by atoms with van der Waals surface area (Å²) >= 11 is 0. The summed E-state index contributed by atoms with van der Waals surface area (Å²) in [7, 11) is 1.71. The molecule has 2 aromatic carbocycles. The van der Waals surface area contributed by atoms with Gasteiger partial charge in [-0.15, -0.1) is 4.98 Å². The molecule has 9 heteroatoms. The lowest BCUT2D eigenvalue weighted by atomic mass is 9.90. The normalized spacial score (nSPS) is 15.9. The minimum absolute atomic E-state index is 0. The Balaban J connectivity index is 0.00000353. The van der Waals surface area contributed by atoms with E-state index in [0.717, 1.165) is 16.8 Å². The Hall–Kier alpha value is -3.74. The zero-order valence-corrected chi connectivity index (χ0v) is 23.1. The Morgan fingerprint density at radius 1 is 0.949 bits per heavy atom. The number of aryl methyl sites for hydroxylation is 1. The molecule has 0 amide bonds. The maximum atomic E-state index is 13.8. The van der Waals surface area contributed by atoms with Crippen LogP contribution in [0.2, 0.25) is 0 Å². The summed E-state index contributed by atoms with van der Waals surface area (Å²) in [5, 5.41) is 0. The van der Waals surface area contributed by atoms with Crippen molar-refractivity contribution in [1.82, 2.24) is 14.5 Å². The second kappa shape index (κ2) is 11.6. The van der Waals surface area contributed by atoms with Gasteiger partial charge in [0.1, 0.15) is 11.6 Å². The third-order valence-electron chi connectivity index (χ3n) is 7.44. The molecule has 1 fully saturated rings. The zero-order chi connectivity index (χ0) is 27.0. The van der Waals surface area contributed by atoms with Gasteiger partial charge in [-0.1, -0.05) is 44.7 Å². The Bertz CT molecular complexity index is 1520. The molecule has 0 spiro atoms. The lowest BCUT2D eigenvalue weighted by Gasteiger charge is -2.48. The molecule has 39 heavy (non-hydrogen) atoms. The molecule has 0 aliphatic carbocycles. The zero-order valence-electron chi connectivity index (χ0n) is 22.1. The van der Waals surface area contributed by atoms with E-state index in [0.29, 0.717) is 30.7 Å². The van der Waals surface area contributed by atoms with E-state index in [2.05, 4.69) is 33.5 Å². The van der Waals surface area contributed by atoms with Crippen LogP contribution < -0.4 is 10.5 Å². The van der Waals surface area contributed by atoms with E-state index >= 15 is 0 Å². The molecule has 0 bridgehead atoms. The highest BCUT2D eigenvalue weighted by Crippen LogP contribution is 2.36. The molecule has 5 rings (SSSR count). The molecule has 1 aliphatic rings. The first-order chi connectivity index (χ1) is 18.3. The molecule has 0 unspecified atom stereocenters. The van der Waals surface area contributed by atoms with Crippen LogP contribution >= 0.6 is 13.5 Å². The van der Waals surface area contributed by atoms with Crippen molar-refractivity contribution in [2.75, 3.05) is 24.5 Å². The number of rotatable bonds is 5. The van der Waals surface area contributed by atoms with Gasteiger partial charge < -0.3 is 14.3 Å². The summed E-state index contributed by atoms with van der Waals surface area (Å²) < 4.78 is 29.2. The van der Waals surface area contributed by atoms with Gasteiger partial charge >= 0.3 is 0 Å². The van der Waals surface area contributed by atoms with Crippen molar-refractivity contribution in [1.29, 1.82) is 0 Å². The molecule has 0 radical (unpaired) electrons. The van der Waals surface area contributed by atoms with Crippen molar-refractivity contribution >= 4 is 36.0 Å². The van der Waals surface area contributed by atoms with Gasteiger partial charge in [-0.2, -0.15) is 13.5 Å². The van der Waals surface area contributed by atoms with Crippen molar-refractivity contribution in [3.05, 3.63) is 111 Å². The average molecular weight is 548 g/mol. The van der Waals surface area contributed by atoms with Crippen molar-refractivity contribution < 1.29 is 8.78 Å². The summed E-state index contributed by atoms with van der Waals surface area (Å²) in [6, 6.07) is 17.9. The average Bonchev–Trinajstić information content (AvgIpc) is 2.92. The van der Waals surface area contributed by atoms with Crippen LogP contribution in [0.5, 0.6) is 0 Å². The topological polar surface area (TPSA) is 45.7 Å². The van der Waals surface area contributed by atoms with Crippen molar-refractivity contribution in [2.45, 2.75) is 25.9 Å². The van der Waals surface area contributed by atoms with Crippen LogP contribution in [0.15, 0.2) is 71.5 Å². The fourth-order valence-corrected chi connectivity index (χ4v) is 5.43. The molecule has 202 valence electrons. The van der Waals surface area contributed by atoms with Crippen LogP contribution in [0.4, 0.5) is 20.3 Å². The highest BCUT2D eigenvalue weighted by atomic mass is 32.1. The summed E-state index contributed by atoms with van der Waals surface area (Å²) in [5.74, 6) is -0.0868. The minimum atomic E-state index is -0.305. The molecule has 4 aromatic rings. The highest BCUT2D eigenvalue weighted by Gasteiger charge is 2.36. The smallest absolute Gasteiger partial charge is 0.270 e. The molecular formula is C30H31F2N5OS. The minimum Gasteiger partial charge on any atom is -0.365 e. The third-order valence-corrected chi connectivity index (χ3v) is 7.44. The summed E-state index contributed by atoms with van der Waals surface area (Å²) in [6.45, 7) is 13.6. The molecule has 6 nitrogen and oxygen atoms in total. The highest BCUT2D eigenvalue weighted by molar-refractivity contribution is 7.59. The molecule has 1 saturated heterocycles. The predicted octanol–water partition coefficient (Wildman–Crippen LogP) is 5.81. The Kier molecular flexibility index (Phi) is 8.38. The van der Waals surface area contributed by atoms with Crippen LogP contribution in [0, 0.1) is 24.1 Å². The predicted molar refractivity (Wildman–Crippen MR) is 156 cm³/mol. The number of fused-ring (bicyclic) bond motifs is 1. The molecular weight excluding hydrogens is 516 g/mol. The van der Waals surface area contributed by atoms with E-state index in [1.165, 1.54) is 24.3 Å². The van der Waals surface area contributed by atoms with E-state index in [1.807, 2.05) is 0 Å². The SMILES string of the molecule is S.[C-]#[N+]c1ccc2c(n1)c(N1CCN(C(c3ccc(F)cc3)c3ccc(F)cc3)[C@@H](C(C)C)C1)cc(=O)n2C. The number of anilines is 1. The Morgan fingerprint density at radius 2 is 1.54 bits per heavy atom. The number of piperazine rings is 1. The van der Waals surface area contributed by atoms with Crippen LogP contribution in [0.3, 0.4) is 0 Å². The van der Waals surface area contributed by atoms with Crippen molar-refractivity contribution in [3.63, 3.8) is 0 Å². The van der Waals surface area contributed by atoms with Crippen LogP contribution in [0.1, 0.15) is 31.0 Å². The first-order valence-electron chi connectivity index (χ1n) is 12.7. The number of hydrogen-bond acceptors (Lipinski definition) is 4. The van der Waals surface area contributed by atoms with Gasteiger partial charge in [-0.05, 0) is 53.4 Å². The second-order valence-corrected chi connectivity index (χ2v) is 10.1. The van der Waals surface area contributed by atoms with Crippen LogP contribution in [0.25, 0.3) is 15.9 Å². The van der Waals surface area contributed by atoms with Gasteiger partial charge in [0, 0.05) is 38.8 Å². The number of aromatic nitrogens is 2.